The lowest BCUT2D eigenvalue weighted by atomic mass is 10.0. The van der Waals surface area contributed by atoms with Gasteiger partial charge in [-0.1, -0.05) is 0 Å². The van der Waals surface area contributed by atoms with Crippen molar-refractivity contribution in [1.82, 2.24) is 15.3 Å². The summed E-state index contributed by atoms with van der Waals surface area (Å²) in [7, 11) is 0. The summed E-state index contributed by atoms with van der Waals surface area (Å²) in [5, 5.41) is 3.16. The van der Waals surface area contributed by atoms with Gasteiger partial charge in [0.05, 0.1) is 5.41 Å². The molecule has 6 nitrogen and oxygen atoms in total. The number of nitrogens with one attached hydrogen (secondary N) is 1. The van der Waals surface area contributed by atoms with Crippen molar-refractivity contribution in [2.75, 3.05) is 24.5 Å². The number of nitrogens with two attached hydrogens (primary N) is 1. The van der Waals surface area contributed by atoms with E-state index in [0.717, 1.165) is 44.7 Å². The molecule has 0 spiro atoms. The first-order chi connectivity index (χ1) is 9.73. The van der Waals surface area contributed by atoms with Gasteiger partial charge in [-0.25, -0.2) is 9.97 Å². The molecular formula is C14H21N5O. The summed E-state index contributed by atoms with van der Waals surface area (Å²) >= 11 is 0. The minimum Gasteiger partial charge on any atom is -0.351 e. The molecule has 1 aromatic heterocycles. The van der Waals surface area contributed by atoms with Crippen LogP contribution in [0.5, 0.6) is 0 Å². The third-order valence-corrected chi connectivity index (χ3v) is 4.32. The predicted octanol–water partition coefficient (Wildman–Crippen LogP) is 0.301. The first-order valence-corrected chi connectivity index (χ1v) is 7.26. The Balaban J connectivity index is 1.60. The molecule has 1 aliphatic heterocycles. The van der Waals surface area contributed by atoms with Crippen LogP contribution < -0.4 is 16.0 Å². The Hall–Kier alpha value is -1.69. The molecule has 20 heavy (non-hydrogen) atoms. The van der Waals surface area contributed by atoms with E-state index in [-0.39, 0.29) is 17.4 Å². The van der Waals surface area contributed by atoms with E-state index in [9.17, 15) is 4.79 Å². The highest BCUT2D eigenvalue weighted by molar-refractivity contribution is 5.85. The van der Waals surface area contributed by atoms with Gasteiger partial charge in [0.15, 0.2) is 0 Å². The normalized spacial score (nSPS) is 24.2. The van der Waals surface area contributed by atoms with Crippen molar-refractivity contribution in [3.63, 3.8) is 0 Å². The molecule has 2 aliphatic rings. The molecule has 1 unspecified atom stereocenters. The van der Waals surface area contributed by atoms with E-state index in [4.69, 9.17) is 5.73 Å². The number of rotatable bonds is 4. The zero-order valence-corrected chi connectivity index (χ0v) is 11.6. The number of anilines is 1. The average Bonchev–Trinajstić information content (AvgIpc) is 3.30. The Bertz CT molecular complexity index is 474. The van der Waals surface area contributed by atoms with Gasteiger partial charge in [0.25, 0.3) is 0 Å². The fourth-order valence-corrected chi connectivity index (χ4v) is 2.74. The van der Waals surface area contributed by atoms with Crippen molar-refractivity contribution in [2.24, 2.45) is 11.1 Å². The van der Waals surface area contributed by atoms with Crippen LogP contribution in [-0.4, -0.2) is 41.6 Å². The SMILES string of the molecule is NCC1(C(=O)NC2CCCN(c3ncccn3)C2)CC1. The van der Waals surface area contributed by atoms with E-state index in [1.165, 1.54) is 0 Å². The lowest BCUT2D eigenvalue weighted by molar-refractivity contribution is -0.126. The molecular weight excluding hydrogens is 254 g/mol. The van der Waals surface area contributed by atoms with Crippen LogP contribution >= 0.6 is 0 Å². The minimum absolute atomic E-state index is 0.126. The molecule has 0 radical (unpaired) electrons. The molecule has 1 saturated carbocycles. The molecule has 0 bridgehead atoms. The summed E-state index contributed by atoms with van der Waals surface area (Å²) < 4.78 is 0. The number of carbonyl (C=O) groups excluding carboxylic acids is 1. The molecule has 2 heterocycles. The molecule has 2 fully saturated rings. The monoisotopic (exact) mass is 275 g/mol. The molecule has 1 aromatic rings. The molecule has 1 atom stereocenters. The van der Waals surface area contributed by atoms with E-state index in [0.29, 0.717) is 6.54 Å². The standard InChI is InChI=1S/C14H21N5O/c15-10-14(4-5-14)12(20)18-11-3-1-8-19(9-11)13-16-6-2-7-17-13/h2,6-7,11H,1,3-5,8-10,15H2,(H,18,20). The predicted molar refractivity (Wildman–Crippen MR) is 76.1 cm³/mol. The summed E-state index contributed by atoms with van der Waals surface area (Å²) in [6.45, 7) is 2.17. The topological polar surface area (TPSA) is 84.1 Å². The van der Waals surface area contributed by atoms with E-state index < -0.39 is 0 Å². The van der Waals surface area contributed by atoms with Crippen molar-refractivity contribution in [3.05, 3.63) is 18.5 Å². The van der Waals surface area contributed by atoms with Crippen molar-refractivity contribution in [3.8, 4) is 0 Å². The van der Waals surface area contributed by atoms with E-state index in [1.54, 1.807) is 12.4 Å². The van der Waals surface area contributed by atoms with Crippen LogP contribution in [0.2, 0.25) is 0 Å². The van der Waals surface area contributed by atoms with E-state index in [2.05, 4.69) is 20.2 Å². The van der Waals surface area contributed by atoms with E-state index in [1.807, 2.05) is 6.07 Å². The van der Waals surface area contributed by atoms with Gasteiger partial charge in [-0.3, -0.25) is 4.79 Å². The number of hydrogen-bond acceptors (Lipinski definition) is 5. The Labute approximate surface area is 118 Å². The first kappa shape index (κ1) is 13.3. The van der Waals surface area contributed by atoms with E-state index >= 15 is 0 Å². The minimum atomic E-state index is -0.272. The van der Waals surface area contributed by atoms with Crippen LogP contribution in [-0.2, 0) is 4.79 Å². The summed E-state index contributed by atoms with van der Waals surface area (Å²) in [4.78, 5) is 22.9. The van der Waals surface area contributed by atoms with Gasteiger partial charge in [0, 0.05) is 38.1 Å². The number of nitrogens with zero attached hydrogens (tertiary/aromatic N) is 3. The lowest BCUT2D eigenvalue weighted by Crippen LogP contribution is -2.51. The second-order valence-electron chi connectivity index (χ2n) is 5.79. The lowest BCUT2D eigenvalue weighted by Gasteiger charge is -2.33. The van der Waals surface area contributed by atoms with Crippen LogP contribution in [0, 0.1) is 5.41 Å². The number of aromatic nitrogens is 2. The highest BCUT2D eigenvalue weighted by atomic mass is 16.2. The number of hydrogen-bond donors (Lipinski definition) is 2. The quantitative estimate of drug-likeness (QED) is 0.825. The van der Waals surface area contributed by atoms with Gasteiger partial charge in [-0.2, -0.15) is 0 Å². The maximum atomic E-state index is 12.2. The van der Waals surface area contributed by atoms with Gasteiger partial charge in [-0.15, -0.1) is 0 Å². The zero-order chi connectivity index (χ0) is 14.0. The van der Waals surface area contributed by atoms with Crippen LogP contribution in [0.3, 0.4) is 0 Å². The van der Waals surface area contributed by atoms with Gasteiger partial charge in [-0.05, 0) is 31.7 Å². The molecule has 3 rings (SSSR count). The summed E-state index contributed by atoms with van der Waals surface area (Å²) in [5.74, 6) is 0.868. The van der Waals surface area contributed by atoms with Gasteiger partial charge in [0.2, 0.25) is 11.9 Å². The van der Waals surface area contributed by atoms with Crippen molar-refractivity contribution < 1.29 is 4.79 Å². The molecule has 0 aromatic carbocycles. The molecule has 1 aliphatic carbocycles. The first-order valence-electron chi connectivity index (χ1n) is 7.26. The smallest absolute Gasteiger partial charge is 0.227 e. The van der Waals surface area contributed by atoms with Crippen molar-refractivity contribution >= 4 is 11.9 Å². The Morgan fingerprint density at radius 2 is 2.20 bits per heavy atom. The van der Waals surface area contributed by atoms with Crippen molar-refractivity contribution in [1.29, 1.82) is 0 Å². The van der Waals surface area contributed by atoms with Gasteiger partial charge in [0.1, 0.15) is 0 Å². The Morgan fingerprint density at radius 3 is 2.85 bits per heavy atom. The van der Waals surface area contributed by atoms with Gasteiger partial charge >= 0.3 is 0 Å². The maximum absolute atomic E-state index is 12.2. The van der Waals surface area contributed by atoms with Crippen LogP contribution in [0.4, 0.5) is 5.95 Å². The number of carbonyl (C=O) groups is 1. The average molecular weight is 275 g/mol. The van der Waals surface area contributed by atoms with Crippen molar-refractivity contribution in [2.45, 2.75) is 31.7 Å². The Kier molecular flexibility index (Phi) is 3.56. The third kappa shape index (κ3) is 2.60. The second kappa shape index (κ2) is 5.36. The molecule has 108 valence electrons. The second-order valence-corrected chi connectivity index (χ2v) is 5.79. The third-order valence-electron chi connectivity index (χ3n) is 4.32. The number of piperidine rings is 1. The van der Waals surface area contributed by atoms with Crippen LogP contribution in [0.25, 0.3) is 0 Å². The summed E-state index contributed by atoms with van der Waals surface area (Å²) in [5.41, 5.74) is 5.43. The fraction of sp³-hybridized carbons (Fsp3) is 0.643. The highest BCUT2D eigenvalue weighted by Crippen LogP contribution is 2.44. The van der Waals surface area contributed by atoms with Crippen LogP contribution in [0.15, 0.2) is 18.5 Å². The number of amides is 1. The molecule has 6 heteroatoms. The largest absolute Gasteiger partial charge is 0.351 e. The highest BCUT2D eigenvalue weighted by Gasteiger charge is 2.49. The summed E-state index contributed by atoms with van der Waals surface area (Å²) in [6, 6.07) is 1.98. The zero-order valence-electron chi connectivity index (χ0n) is 11.6. The van der Waals surface area contributed by atoms with Gasteiger partial charge < -0.3 is 16.0 Å². The Morgan fingerprint density at radius 1 is 1.45 bits per heavy atom. The molecule has 1 amide bonds. The molecule has 1 saturated heterocycles. The fourth-order valence-electron chi connectivity index (χ4n) is 2.74. The van der Waals surface area contributed by atoms with Crippen LogP contribution in [0.1, 0.15) is 25.7 Å². The summed E-state index contributed by atoms with van der Waals surface area (Å²) in [6.07, 6.45) is 7.39. The molecule has 3 N–H and O–H groups in total. The maximum Gasteiger partial charge on any atom is 0.227 e.